The number of para-hydroxylation sites is 1. The fourth-order valence-corrected chi connectivity index (χ4v) is 5.67. The maximum absolute atomic E-state index is 5.48. The number of rotatable bonds is 3. The first-order valence-corrected chi connectivity index (χ1v) is 11.7. The molecule has 0 unspecified atom stereocenters. The molecule has 0 fully saturated rings. The van der Waals surface area contributed by atoms with Crippen LogP contribution in [0.1, 0.15) is 22.3 Å². The SMILES string of the molecule is c1ccc(C2=Nc3c(ccc4[nH]c5ccccc5c34)C2(c2ccccc2)c2ccccc2)cc1. The van der Waals surface area contributed by atoms with Crippen molar-refractivity contribution in [2.45, 2.75) is 5.41 Å². The van der Waals surface area contributed by atoms with Crippen molar-refractivity contribution in [1.29, 1.82) is 0 Å². The predicted molar refractivity (Wildman–Crippen MR) is 141 cm³/mol. The van der Waals surface area contributed by atoms with Crippen LogP contribution in [0.15, 0.2) is 132 Å². The maximum atomic E-state index is 5.48. The molecule has 1 aliphatic heterocycles. The zero-order chi connectivity index (χ0) is 22.5. The van der Waals surface area contributed by atoms with Gasteiger partial charge in [-0.3, -0.25) is 4.99 Å². The lowest BCUT2D eigenvalue weighted by atomic mass is 9.65. The first kappa shape index (κ1) is 19.1. The lowest BCUT2D eigenvalue weighted by Crippen LogP contribution is -2.36. The molecule has 160 valence electrons. The van der Waals surface area contributed by atoms with Gasteiger partial charge in [0.2, 0.25) is 0 Å². The molecule has 0 radical (unpaired) electrons. The van der Waals surface area contributed by atoms with Gasteiger partial charge in [-0.15, -0.1) is 0 Å². The van der Waals surface area contributed by atoms with Gasteiger partial charge in [-0.25, -0.2) is 0 Å². The lowest BCUT2D eigenvalue weighted by molar-refractivity contribution is 0.852. The second kappa shape index (κ2) is 7.29. The highest BCUT2D eigenvalue weighted by molar-refractivity contribution is 6.23. The summed E-state index contributed by atoms with van der Waals surface area (Å²) in [7, 11) is 0. The van der Waals surface area contributed by atoms with Crippen LogP contribution in [-0.2, 0) is 5.41 Å². The van der Waals surface area contributed by atoms with E-state index in [0.717, 1.165) is 28.0 Å². The summed E-state index contributed by atoms with van der Waals surface area (Å²) in [5.41, 5.74) is 8.68. The summed E-state index contributed by atoms with van der Waals surface area (Å²) in [5.74, 6) is 0. The molecule has 1 aromatic heterocycles. The van der Waals surface area contributed by atoms with E-state index < -0.39 is 5.41 Å². The van der Waals surface area contributed by atoms with Gasteiger partial charge in [-0.05, 0) is 34.4 Å². The number of nitrogens with one attached hydrogen (secondary N) is 1. The van der Waals surface area contributed by atoms with Gasteiger partial charge in [0.05, 0.1) is 16.8 Å². The number of aliphatic imine (C=N–C) groups is 1. The van der Waals surface area contributed by atoms with Gasteiger partial charge in [0.25, 0.3) is 0 Å². The second-order valence-electron chi connectivity index (χ2n) is 8.86. The number of hydrogen-bond donors (Lipinski definition) is 1. The van der Waals surface area contributed by atoms with Gasteiger partial charge in [-0.1, -0.05) is 115 Å². The third kappa shape index (κ3) is 2.54. The minimum atomic E-state index is -0.508. The van der Waals surface area contributed by atoms with E-state index in [9.17, 15) is 0 Å². The van der Waals surface area contributed by atoms with Gasteiger partial charge in [0.1, 0.15) is 0 Å². The van der Waals surface area contributed by atoms with E-state index in [4.69, 9.17) is 4.99 Å². The van der Waals surface area contributed by atoms with Crippen molar-refractivity contribution in [2.24, 2.45) is 4.99 Å². The lowest BCUT2D eigenvalue weighted by Gasteiger charge is -2.34. The maximum Gasteiger partial charge on any atom is 0.0901 e. The molecule has 0 atom stereocenters. The van der Waals surface area contributed by atoms with Crippen molar-refractivity contribution in [1.82, 2.24) is 4.98 Å². The van der Waals surface area contributed by atoms with Crippen LogP contribution < -0.4 is 0 Å². The summed E-state index contributed by atoms with van der Waals surface area (Å²) >= 11 is 0. The van der Waals surface area contributed by atoms with Crippen LogP contribution in [-0.4, -0.2) is 10.7 Å². The van der Waals surface area contributed by atoms with Crippen molar-refractivity contribution in [3.8, 4) is 0 Å². The van der Waals surface area contributed by atoms with E-state index in [1.807, 2.05) is 0 Å². The Morgan fingerprint density at radius 1 is 0.529 bits per heavy atom. The third-order valence-corrected chi connectivity index (χ3v) is 7.09. The van der Waals surface area contributed by atoms with Crippen LogP contribution >= 0.6 is 0 Å². The second-order valence-corrected chi connectivity index (χ2v) is 8.86. The highest BCUT2D eigenvalue weighted by Crippen LogP contribution is 2.53. The van der Waals surface area contributed by atoms with Crippen LogP contribution in [0.3, 0.4) is 0 Å². The van der Waals surface area contributed by atoms with Crippen molar-refractivity contribution >= 4 is 33.2 Å². The Morgan fingerprint density at radius 3 is 1.79 bits per heavy atom. The van der Waals surface area contributed by atoms with Gasteiger partial charge in [0.15, 0.2) is 0 Å². The minimum Gasteiger partial charge on any atom is -0.354 e. The van der Waals surface area contributed by atoms with Crippen LogP contribution in [0.2, 0.25) is 0 Å². The van der Waals surface area contributed by atoms with Gasteiger partial charge >= 0.3 is 0 Å². The first-order chi connectivity index (χ1) is 16.9. The zero-order valence-corrected chi connectivity index (χ0v) is 18.6. The van der Waals surface area contributed by atoms with Crippen LogP contribution in [0.5, 0.6) is 0 Å². The van der Waals surface area contributed by atoms with Crippen molar-refractivity contribution in [2.75, 3.05) is 0 Å². The molecular weight excluding hydrogens is 412 g/mol. The van der Waals surface area contributed by atoms with E-state index in [-0.39, 0.29) is 0 Å². The molecule has 34 heavy (non-hydrogen) atoms. The van der Waals surface area contributed by atoms with E-state index in [0.29, 0.717) is 0 Å². The average molecular weight is 435 g/mol. The monoisotopic (exact) mass is 434 g/mol. The summed E-state index contributed by atoms with van der Waals surface area (Å²) in [6, 6.07) is 45.3. The normalized spacial score (nSPS) is 14.3. The molecule has 0 spiro atoms. The van der Waals surface area contributed by atoms with E-state index in [1.165, 1.54) is 27.5 Å². The summed E-state index contributed by atoms with van der Waals surface area (Å²) in [4.78, 5) is 9.08. The van der Waals surface area contributed by atoms with Gasteiger partial charge in [0, 0.05) is 21.8 Å². The summed E-state index contributed by atoms with van der Waals surface area (Å²) in [6.07, 6.45) is 0. The standard InChI is InChI=1S/C32H22N2/c1-4-12-22(13-5-1)31-32(23-14-6-2-7-15-23,24-16-8-3-9-17-24)26-20-21-28-29(30(26)34-31)25-18-10-11-19-27(25)33-28/h1-21,33H. The Hall–Kier alpha value is -4.43. The molecule has 0 aliphatic carbocycles. The number of nitrogens with zero attached hydrogens (tertiary/aromatic N) is 1. The largest absolute Gasteiger partial charge is 0.354 e. The number of benzene rings is 5. The number of H-pyrrole nitrogens is 1. The third-order valence-electron chi connectivity index (χ3n) is 7.09. The quantitative estimate of drug-likeness (QED) is 0.294. The Kier molecular flexibility index (Phi) is 4.09. The van der Waals surface area contributed by atoms with Crippen molar-refractivity contribution in [3.05, 3.63) is 150 Å². The van der Waals surface area contributed by atoms with E-state index in [2.05, 4.69) is 132 Å². The number of aromatic nitrogens is 1. The van der Waals surface area contributed by atoms with Crippen LogP contribution in [0, 0.1) is 0 Å². The molecule has 7 rings (SSSR count). The highest BCUT2D eigenvalue weighted by Gasteiger charge is 2.47. The number of fused-ring (bicyclic) bond motifs is 5. The van der Waals surface area contributed by atoms with Crippen molar-refractivity contribution in [3.63, 3.8) is 0 Å². The van der Waals surface area contributed by atoms with Gasteiger partial charge in [-0.2, -0.15) is 0 Å². The molecule has 1 N–H and O–H groups in total. The number of aromatic amines is 1. The fraction of sp³-hybridized carbons (Fsp3) is 0.0312. The predicted octanol–water partition coefficient (Wildman–Crippen LogP) is 7.79. The molecular formula is C32H22N2. The molecule has 0 saturated heterocycles. The molecule has 2 heterocycles. The highest BCUT2D eigenvalue weighted by atomic mass is 14.9. The van der Waals surface area contributed by atoms with Crippen LogP contribution in [0.4, 0.5) is 5.69 Å². The Morgan fingerprint density at radius 2 is 1.12 bits per heavy atom. The molecule has 0 bridgehead atoms. The number of hydrogen-bond acceptors (Lipinski definition) is 1. The molecule has 5 aromatic carbocycles. The Balaban J connectivity index is 1.68. The fourth-order valence-electron chi connectivity index (χ4n) is 5.67. The minimum absolute atomic E-state index is 0.508. The summed E-state index contributed by atoms with van der Waals surface area (Å²) < 4.78 is 0. The van der Waals surface area contributed by atoms with E-state index in [1.54, 1.807) is 0 Å². The van der Waals surface area contributed by atoms with Crippen molar-refractivity contribution < 1.29 is 0 Å². The molecule has 6 aromatic rings. The summed E-state index contributed by atoms with van der Waals surface area (Å²) in [6.45, 7) is 0. The smallest absolute Gasteiger partial charge is 0.0901 e. The average Bonchev–Trinajstić information content (AvgIpc) is 3.47. The van der Waals surface area contributed by atoms with Crippen LogP contribution in [0.25, 0.3) is 21.8 Å². The molecule has 2 heteroatoms. The van der Waals surface area contributed by atoms with Gasteiger partial charge < -0.3 is 4.98 Å². The molecule has 2 nitrogen and oxygen atoms in total. The molecule has 0 amide bonds. The Bertz CT molecular complexity index is 1640. The topological polar surface area (TPSA) is 28.1 Å². The Labute approximate surface area is 198 Å². The summed E-state index contributed by atoms with van der Waals surface area (Å²) in [5, 5.41) is 2.40. The first-order valence-electron chi connectivity index (χ1n) is 11.7. The molecule has 1 aliphatic rings. The zero-order valence-electron chi connectivity index (χ0n) is 18.6. The van der Waals surface area contributed by atoms with E-state index >= 15 is 0 Å². The molecule has 0 saturated carbocycles.